The summed E-state index contributed by atoms with van der Waals surface area (Å²) in [6.07, 6.45) is -3.62. The summed E-state index contributed by atoms with van der Waals surface area (Å²) < 4.78 is 78.6. The first kappa shape index (κ1) is 25.2. The smallest absolute Gasteiger partial charge is 0.322 e. The quantitative estimate of drug-likeness (QED) is 0.449. The van der Waals surface area contributed by atoms with Crippen molar-refractivity contribution >= 4 is 27.3 Å². The maximum absolute atomic E-state index is 14.0. The minimum absolute atomic E-state index is 0.0256. The van der Waals surface area contributed by atoms with E-state index in [1.807, 2.05) is 19.9 Å². The molecule has 5 nitrogen and oxygen atoms in total. The van der Waals surface area contributed by atoms with Crippen LogP contribution in [0.25, 0.3) is 0 Å². The highest BCUT2D eigenvalue weighted by molar-refractivity contribution is 7.92. The molecule has 0 aromatic heterocycles. The van der Waals surface area contributed by atoms with Gasteiger partial charge in [-0.25, -0.2) is 12.8 Å². The van der Waals surface area contributed by atoms with Crippen molar-refractivity contribution in [1.29, 1.82) is 0 Å². The van der Waals surface area contributed by atoms with Crippen LogP contribution in [0.5, 0.6) is 0 Å². The van der Waals surface area contributed by atoms with Gasteiger partial charge in [0.25, 0.3) is 5.91 Å². The Hall–Kier alpha value is -3.40. The monoisotopic (exact) mass is 494 g/mol. The summed E-state index contributed by atoms with van der Waals surface area (Å²) in [4.78, 5) is 12.3. The first-order valence-corrected chi connectivity index (χ1v) is 11.9. The number of amides is 1. The lowest BCUT2D eigenvalue weighted by Crippen LogP contribution is -2.29. The number of aryl methyl sites for hydroxylation is 2. The van der Waals surface area contributed by atoms with E-state index in [9.17, 15) is 30.8 Å². The molecule has 1 N–H and O–H groups in total. The predicted octanol–water partition coefficient (Wildman–Crippen LogP) is 5.68. The highest BCUT2D eigenvalue weighted by atomic mass is 32.2. The molecule has 0 fully saturated rings. The number of benzene rings is 3. The van der Waals surface area contributed by atoms with Gasteiger partial charge in [0.15, 0.2) is 0 Å². The zero-order valence-corrected chi connectivity index (χ0v) is 19.4. The summed E-state index contributed by atoms with van der Waals surface area (Å²) >= 11 is 0. The molecule has 0 saturated carbocycles. The number of sulfonamides is 1. The minimum atomic E-state index is -4.72. The van der Waals surface area contributed by atoms with Crippen LogP contribution in [0.2, 0.25) is 0 Å². The van der Waals surface area contributed by atoms with Gasteiger partial charge in [0, 0.05) is 5.69 Å². The fraction of sp³-hybridized carbons (Fsp3) is 0.208. The average Bonchev–Trinajstić information content (AvgIpc) is 2.74. The lowest BCUT2D eigenvalue weighted by atomic mass is 10.1. The first-order valence-electron chi connectivity index (χ1n) is 10.1. The standard InChI is InChI=1S/C24H22F4N2O3S/c1-15-4-10-20(12-16(15)2)30(34(3,32)33)14-17-5-8-19(9-6-17)29-23(31)21-13-18(24(26,27)28)7-11-22(21)25/h4-13H,14H2,1-3H3,(H,29,31). The number of anilines is 2. The van der Waals surface area contributed by atoms with Crippen LogP contribution >= 0.6 is 0 Å². The Balaban J connectivity index is 1.79. The molecule has 3 aromatic carbocycles. The summed E-state index contributed by atoms with van der Waals surface area (Å²) in [5.74, 6) is -2.12. The van der Waals surface area contributed by atoms with Crippen LogP contribution in [0.1, 0.15) is 32.6 Å². The molecular weight excluding hydrogens is 472 g/mol. The Kier molecular flexibility index (Phi) is 7.02. The van der Waals surface area contributed by atoms with Crippen molar-refractivity contribution in [3.8, 4) is 0 Å². The van der Waals surface area contributed by atoms with E-state index >= 15 is 0 Å². The van der Waals surface area contributed by atoms with Gasteiger partial charge in [0.05, 0.1) is 29.6 Å². The molecule has 0 heterocycles. The highest BCUT2D eigenvalue weighted by Gasteiger charge is 2.32. The van der Waals surface area contributed by atoms with Gasteiger partial charge in [-0.05, 0) is 73.0 Å². The van der Waals surface area contributed by atoms with Crippen molar-refractivity contribution in [1.82, 2.24) is 0 Å². The first-order chi connectivity index (χ1) is 15.8. The second kappa shape index (κ2) is 9.46. The number of rotatable bonds is 6. The third-order valence-corrected chi connectivity index (χ3v) is 6.40. The zero-order chi connectivity index (χ0) is 25.3. The minimum Gasteiger partial charge on any atom is -0.322 e. The lowest BCUT2D eigenvalue weighted by molar-refractivity contribution is -0.137. The highest BCUT2D eigenvalue weighted by Crippen LogP contribution is 2.30. The van der Waals surface area contributed by atoms with Crippen LogP contribution < -0.4 is 9.62 Å². The van der Waals surface area contributed by atoms with Crippen molar-refractivity contribution in [2.24, 2.45) is 0 Å². The Morgan fingerprint density at radius 3 is 2.15 bits per heavy atom. The van der Waals surface area contributed by atoms with Crippen LogP contribution in [0.4, 0.5) is 28.9 Å². The molecule has 3 rings (SSSR count). The van der Waals surface area contributed by atoms with E-state index in [0.29, 0.717) is 29.4 Å². The molecule has 0 aliphatic rings. The number of hydrogen-bond donors (Lipinski definition) is 1. The molecule has 0 atom stereocenters. The summed E-state index contributed by atoms with van der Waals surface area (Å²) in [7, 11) is -3.60. The Labute approximate surface area is 195 Å². The van der Waals surface area contributed by atoms with E-state index in [0.717, 1.165) is 17.4 Å². The molecule has 10 heteroatoms. The molecular formula is C24H22F4N2O3S. The van der Waals surface area contributed by atoms with Crippen molar-refractivity contribution in [3.05, 3.63) is 94.3 Å². The predicted molar refractivity (Wildman–Crippen MR) is 123 cm³/mol. The molecule has 0 radical (unpaired) electrons. The molecule has 3 aromatic rings. The molecule has 1 amide bonds. The van der Waals surface area contributed by atoms with Gasteiger partial charge in [0.2, 0.25) is 10.0 Å². The van der Waals surface area contributed by atoms with Crippen LogP contribution in [0, 0.1) is 19.7 Å². The lowest BCUT2D eigenvalue weighted by Gasteiger charge is -2.23. The Bertz CT molecular complexity index is 1320. The number of carbonyl (C=O) groups excluding carboxylic acids is 1. The fourth-order valence-electron chi connectivity index (χ4n) is 3.21. The number of alkyl halides is 3. The van der Waals surface area contributed by atoms with Crippen LogP contribution in [-0.4, -0.2) is 20.6 Å². The van der Waals surface area contributed by atoms with Crippen molar-refractivity contribution in [3.63, 3.8) is 0 Å². The van der Waals surface area contributed by atoms with Crippen molar-refractivity contribution < 1.29 is 30.8 Å². The molecule has 34 heavy (non-hydrogen) atoms. The number of hydrogen-bond acceptors (Lipinski definition) is 3. The van der Waals surface area contributed by atoms with Crippen LogP contribution in [0.15, 0.2) is 60.7 Å². The largest absolute Gasteiger partial charge is 0.416 e. The Morgan fingerprint density at radius 2 is 1.59 bits per heavy atom. The maximum Gasteiger partial charge on any atom is 0.416 e. The van der Waals surface area contributed by atoms with Crippen LogP contribution in [0.3, 0.4) is 0 Å². The van der Waals surface area contributed by atoms with Crippen molar-refractivity contribution in [2.45, 2.75) is 26.6 Å². The van der Waals surface area contributed by atoms with Gasteiger partial charge < -0.3 is 5.32 Å². The third-order valence-electron chi connectivity index (χ3n) is 5.26. The topological polar surface area (TPSA) is 66.5 Å². The van der Waals surface area contributed by atoms with Gasteiger partial charge in [-0.15, -0.1) is 0 Å². The molecule has 0 saturated heterocycles. The second-order valence-corrected chi connectivity index (χ2v) is 9.79. The summed E-state index contributed by atoms with van der Waals surface area (Å²) in [5.41, 5.74) is 1.40. The molecule has 180 valence electrons. The summed E-state index contributed by atoms with van der Waals surface area (Å²) in [6, 6.07) is 13.0. The van der Waals surface area contributed by atoms with E-state index in [1.165, 1.54) is 16.4 Å². The van der Waals surface area contributed by atoms with E-state index in [4.69, 9.17) is 0 Å². The molecule has 0 aliphatic carbocycles. The second-order valence-electron chi connectivity index (χ2n) is 7.88. The molecule has 0 spiro atoms. The molecule has 0 bridgehead atoms. The number of nitrogens with one attached hydrogen (secondary N) is 1. The normalized spacial score (nSPS) is 11.9. The van der Waals surface area contributed by atoms with Gasteiger partial charge >= 0.3 is 6.18 Å². The van der Waals surface area contributed by atoms with Gasteiger partial charge in [-0.1, -0.05) is 18.2 Å². The number of nitrogens with zero attached hydrogens (tertiary/aromatic N) is 1. The fourth-order valence-corrected chi connectivity index (χ4v) is 4.09. The van der Waals surface area contributed by atoms with Gasteiger partial charge in [-0.2, -0.15) is 13.2 Å². The average molecular weight is 495 g/mol. The van der Waals surface area contributed by atoms with Gasteiger partial charge in [-0.3, -0.25) is 9.10 Å². The summed E-state index contributed by atoms with van der Waals surface area (Å²) in [6.45, 7) is 3.82. The third kappa shape index (κ3) is 5.93. The molecule has 0 unspecified atom stereocenters. The number of carbonyl (C=O) groups is 1. The van der Waals surface area contributed by atoms with Crippen LogP contribution in [-0.2, 0) is 22.7 Å². The molecule has 0 aliphatic heterocycles. The van der Waals surface area contributed by atoms with E-state index in [1.54, 1.807) is 24.3 Å². The number of halogens is 4. The summed E-state index contributed by atoms with van der Waals surface area (Å²) in [5, 5.41) is 2.36. The zero-order valence-electron chi connectivity index (χ0n) is 18.6. The SMILES string of the molecule is Cc1ccc(N(Cc2ccc(NC(=O)c3cc(C(F)(F)F)ccc3F)cc2)S(C)(=O)=O)cc1C. The van der Waals surface area contributed by atoms with E-state index < -0.39 is 39.1 Å². The Morgan fingerprint density at radius 1 is 0.941 bits per heavy atom. The van der Waals surface area contributed by atoms with E-state index in [-0.39, 0.29) is 12.2 Å². The van der Waals surface area contributed by atoms with Crippen molar-refractivity contribution in [2.75, 3.05) is 15.9 Å². The van der Waals surface area contributed by atoms with E-state index in [2.05, 4.69) is 5.32 Å². The maximum atomic E-state index is 14.0. The van der Waals surface area contributed by atoms with Gasteiger partial charge in [0.1, 0.15) is 5.82 Å².